The molecule has 1 saturated heterocycles. The summed E-state index contributed by atoms with van der Waals surface area (Å²) in [6, 6.07) is 6.30. The number of rotatable bonds is 4. The fourth-order valence-electron chi connectivity index (χ4n) is 3.22. The van der Waals surface area contributed by atoms with Crippen LogP contribution in [0.25, 0.3) is 0 Å². The molecule has 0 radical (unpaired) electrons. The quantitative estimate of drug-likeness (QED) is 0.944. The molecule has 3 rings (SSSR count). The number of likely N-dealkylation sites (tertiary alicyclic amines) is 1. The molecule has 2 atom stereocenters. The summed E-state index contributed by atoms with van der Waals surface area (Å²) < 4.78 is 2.09. The van der Waals surface area contributed by atoms with Gasteiger partial charge in [0.2, 0.25) is 5.91 Å². The Morgan fingerprint density at radius 1 is 1.45 bits per heavy atom. The molecule has 1 aliphatic heterocycles. The summed E-state index contributed by atoms with van der Waals surface area (Å²) in [7, 11) is 0. The topological polar surface area (TPSA) is 53.9 Å². The Hall–Kier alpha value is -2.04. The second kappa shape index (κ2) is 6.38. The van der Waals surface area contributed by atoms with Gasteiger partial charge in [-0.3, -0.25) is 9.89 Å². The second-order valence-corrected chi connectivity index (χ2v) is 6.34. The number of carbonyl (C=O) groups is 1. The second-order valence-electron chi connectivity index (χ2n) is 6.34. The van der Waals surface area contributed by atoms with E-state index in [1.807, 2.05) is 36.4 Å². The van der Waals surface area contributed by atoms with Crippen LogP contribution in [0.3, 0.4) is 0 Å². The van der Waals surface area contributed by atoms with Crippen LogP contribution in [0.15, 0.2) is 30.6 Å². The van der Waals surface area contributed by atoms with Crippen LogP contribution < -0.4 is 0 Å². The van der Waals surface area contributed by atoms with Crippen molar-refractivity contribution in [1.82, 2.24) is 19.7 Å². The van der Waals surface area contributed by atoms with Gasteiger partial charge in [-0.15, -0.1) is 0 Å². The normalized spacial score (nSPS) is 20.1. The minimum atomic E-state index is 0.204. The minimum absolute atomic E-state index is 0.204. The maximum atomic E-state index is 12.6. The van der Waals surface area contributed by atoms with E-state index < -0.39 is 0 Å². The summed E-state index contributed by atoms with van der Waals surface area (Å²) in [4.78, 5) is 14.6. The maximum Gasteiger partial charge on any atom is 0.224 e. The van der Waals surface area contributed by atoms with Gasteiger partial charge in [-0.25, -0.2) is 0 Å². The third-order valence-corrected chi connectivity index (χ3v) is 4.52. The van der Waals surface area contributed by atoms with E-state index >= 15 is 0 Å². The van der Waals surface area contributed by atoms with Crippen molar-refractivity contribution in [3.05, 3.63) is 42.0 Å². The minimum Gasteiger partial charge on any atom is -0.351 e. The number of aromatic nitrogens is 3. The van der Waals surface area contributed by atoms with E-state index in [0.29, 0.717) is 12.3 Å². The number of carbonyl (C=O) groups excluding carboxylic acids is 1. The van der Waals surface area contributed by atoms with E-state index in [2.05, 4.69) is 27.8 Å². The Bertz CT molecular complexity index is 616. The van der Waals surface area contributed by atoms with E-state index in [1.54, 1.807) is 0 Å². The molecular weight excluding hydrogens is 276 g/mol. The van der Waals surface area contributed by atoms with Crippen LogP contribution in [0.5, 0.6) is 0 Å². The molecule has 2 aromatic rings. The molecule has 0 unspecified atom stereocenters. The van der Waals surface area contributed by atoms with Gasteiger partial charge in [-0.05, 0) is 44.9 Å². The molecule has 1 N–H and O–H groups in total. The van der Waals surface area contributed by atoms with Crippen LogP contribution in [-0.4, -0.2) is 38.7 Å². The third kappa shape index (κ3) is 3.24. The van der Waals surface area contributed by atoms with Gasteiger partial charge in [-0.1, -0.05) is 0 Å². The van der Waals surface area contributed by atoms with Crippen molar-refractivity contribution < 1.29 is 4.79 Å². The molecule has 118 valence electrons. The SMILES string of the molecule is Cc1cc([C@@H]2CCCN(C(=O)C[C@H](C)n3cccc3)C2)n[nH]1. The number of nitrogens with one attached hydrogen (secondary N) is 1. The summed E-state index contributed by atoms with van der Waals surface area (Å²) >= 11 is 0. The number of H-pyrrole nitrogens is 1. The summed E-state index contributed by atoms with van der Waals surface area (Å²) in [5, 5.41) is 7.37. The van der Waals surface area contributed by atoms with Gasteiger partial charge in [-0.2, -0.15) is 5.10 Å². The fraction of sp³-hybridized carbons (Fsp3) is 0.529. The average Bonchev–Trinajstić information content (AvgIpc) is 3.18. The zero-order valence-corrected chi connectivity index (χ0v) is 13.3. The number of amides is 1. The molecule has 3 heterocycles. The highest BCUT2D eigenvalue weighted by Crippen LogP contribution is 2.27. The Labute approximate surface area is 131 Å². The van der Waals surface area contributed by atoms with Crippen molar-refractivity contribution in [3.8, 4) is 0 Å². The molecule has 0 aliphatic carbocycles. The number of aromatic amines is 1. The highest BCUT2D eigenvalue weighted by Gasteiger charge is 2.26. The lowest BCUT2D eigenvalue weighted by Gasteiger charge is -2.32. The number of hydrogen-bond donors (Lipinski definition) is 1. The monoisotopic (exact) mass is 300 g/mol. The Kier molecular flexibility index (Phi) is 4.32. The molecule has 0 bridgehead atoms. The summed E-state index contributed by atoms with van der Waals surface area (Å²) in [5.74, 6) is 0.614. The first kappa shape index (κ1) is 14.9. The molecule has 5 nitrogen and oxygen atoms in total. The van der Waals surface area contributed by atoms with Crippen LogP contribution in [0.4, 0.5) is 0 Å². The van der Waals surface area contributed by atoms with E-state index in [4.69, 9.17) is 0 Å². The van der Waals surface area contributed by atoms with Gasteiger partial charge in [0.15, 0.2) is 0 Å². The molecule has 0 aromatic carbocycles. The van der Waals surface area contributed by atoms with Gasteiger partial charge in [0, 0.05) is 49.6 Å². The molecular formula is C17H24N4O. The van der Waals surface area contributed by atoms with Crippen LogP contribution in [-0.2, 0) is 4.79 Å². The molecule has 0 spiro atoms. The highest BCUT2D eigenvalue weighted by atomic mass is 16.2. The van der Waals surface area contributed by atoms with E-state index in [9.17, 15) is 4.79 Å². The number of aryl methyl sites for hydroxylation is 1. The van der Waals surface area contributed by atoms with Crippen molar-refractivity contribution in [1.29, 1.82) is 0 Å². The number of piperidine rings is 1. The lowest BCUT2D eigenvalue weighted by molar-refractivity contribution is -0.133. The van der Waals surface area contributed by atoms with Crippen molar-refractivity contribution in [3.63, 3.8) is 0 Å². The first-order valence-electron chi connectivity index (χ1n) is 8.05. The van der Waals surface area contributed by atoms with E-state index in [0.717, 1.165) is 37.3 Å². The lowest BCUT2D eigenvalue weighted by atomic mass is 9.94. The third-order valence-electron chi connectivity index (χ3n) is 4.52. The zero-order valence-electron chi connectivity index (χ0n) is 13.3. The van der Waals surface area contributed by atoms with Crippen molar-refractivity contribution in [2.45, 2.75) is 45.1 Å². The maximum absolute atomic E-state index is 12.6. The van der Waals surface area contributed by atoms with Crippen molar-refractivity contribution in [2.75, 3.05) is 13.1 Å². The van der Waals surface area contributed by atoms with Gasteiger partial charge in [0.25, 0.3) is 0 Å². The Balaban J connectivity index is 1.60. The van der Waals surface area contributed by atoms with E-state index in [-0.39, 0.29) is 11.9 Å². The van der Waals surface area contributed by atoms with Crippen molar-refractivity contribution in [2.24, 2.45) is 0 Å². The molecule has 1 amide bonds. The number of hydrogen-bond acceptors (Lipinski definition) is 2. The van der Waals surface area contributed by atoms with Gasteiger partial charge in [0.1, 0.15) is 0 Å². The molecule has 1 aliphatic rings. The molecule has 2 aromatic heterocycles. The summed E-state index contributed by atoms with van der Waals surface area (Å²) in [6.45, 7) is 5.77. The van der Waals surface area contributed by atoms with Gasteiger partial charge >= 0.3 is 0 Å². The highest BCUT2D eigenvalue weighted by molar-refractivity contribution is 5.76. The first-order chi connectivity index (χ1) is 10.6. The molecule has 5 heteroatoms. The van der Waals surface area contributed by atoms with Crippen LogP contribution >= 0.6 is 0 Å². The summed E-state index contributed by atoms with van der Waals surface area (Å²) in [5.41, 5.74) is 2.17. The smallest absolute Gasteiger partial charge is 0.224 e. The number of nitrogens with zero attached hydrogens (tertiary/aromatic N) is 3. The van der Waals surface area contributed by atoms with Gasteiger partial charge in [0.05, 0.1) is 5.69 Å². The van der Waals surface area contributed by atoms with Crippen LogP contribution in [0.2, 0.25) is 0 Å². The van der Waals surface area contributed by atoms with E-state index in [1.165, 1.54) is 0 Å². The molecule has 22 heavy (non-hydrogen) atoms. The predicted molar refractivity (Wildman–Crippen MR) is 85.6 cm³/mol. The lowest BCUT2D eigenvalue weighted by Crippen LogP contribution is -2.39. The Morgan fingerprint density at radius 3 is 2.91 bits per heavy atom. The Morgan fingerprint density at radius 2 is 2.23 bits per heavy atom. The standard InChI is InChI=1S/C17H24N4O/c1-13-10-16(19-18-13)15-6-5-9-21(12-15)17(22)11-14(2)20-7-3-4-8-20/h3-4,7-8,10,14-15H,5-6,9,11-12H2,1-2H3,(H,18,19)/t14-,15+/m0/s1. The van der Waals surface area contributed by atoms with Gasteiger partial charge < -0.3 is 9.47 Å². The van der Waals surface area contributed by atoms with Crippen molar-refractivity contribution >= 4 is 5.91 Å². The first-order valence-corrected chi connectivity index (χ1v) is 8.05. The zero-order chi connectivity index (χ0) is 15.5. The largest absolute Gasteiger partial charge is 0.351 e. The average molecular weight is 300 g/mol. The molecule has 1 fully saturated rings. The summed E-state index contributed by atoms with van der Waals surface area (Å²) in [6.07, 6.45) is 6.76. The fourth-order valence-corrected chi connectivity index (χ4v) is 3.22. The molecule has 0 saturated carbocycles. The van der Waals surface area contributed by atoms with Crippen LogP contribution in [0.1, 0.15) is 49.5 Å². The van der Waals surface area contributed by atoms with Crippen LogP contribution in [0, 0.1) is 6.92 Å². The predicted octanol–water partition coefficient (Wildman–Crippen LogP) is 2.88.